The standard InChI is InChI=1S/C21H23BrN2/c1-15-12-18(22)20-19(13-15)24(14-23-20)21(16-8-4-2-5-9-16)17-10-6-3-7-11-17/h2,4-5,8-9,12-14,17,21H,3,6-7,10-11H2,1H3. The number of fused-ring (bicyclic) bond motifs is 1. The second-order valence-electron chi connectivity index (χ2n) is 7.02. The van der Waals surface area contributed by atoms with E-state index in [0.717, 1.165) is 9.99 Å². The SMILES string of the molecule is Cc1cc(Br)c2ncn(C(c3ccccc3)C3CCCCC3)c2c1. The van der Waals surface area contributed by atoms with E-state index >= 15 is 0 Å². The third kappa shape index (κ3) is 2.90. The molecule has 1 saturated carbocycles. The zero-order valence-electron chi connectivity index (χ0n) is 14.1. The number of hydrogen-bond acceptors (Lipinski definition) is 1. The Morgan fingerprint density at radius 2 is 1.83 bits per heavy atom. The molecule has 1 heterocycles. The molecule has 1 unspecified atom stereocenters. The van der Waals surface area contributed by atoms with E-state index in [9.17, 15) is 0 Å². The van der Waals surface area contributed by atoms with E-state index in [-0.39, 0.29) is 0 Å². The van der Waals surface area contributed by atoms with Crippen LogP contribution in [0.4, 0.5) is 0 Å². The summed E-state index contributed by atoms with van der Waals surface area (Å²) in [6.45, 7) is 2.15. The molecule has 0 aliphatic heterocycles. The molecule has 0 N–H and O–H groups in total. The maximum absolute atomic E-state index is 4.72. The predicted octanol–water partition coefficient (Wildman–Crippen LogP) is 6.28. The van der Waals surface area contributed by atoms with E-state index in [4.69, 9.17) is 4.98 Å². The van der Waals surface area contributed by atoms with Crippen molar-refractivity contribution >= 4 is 27.0 Å². The van der Waals surface area contributed by atoms with Gasteiger partial charge in [0.25, 0.3) is 0 Å². The number of halogens is 1. The van der Waals surface area contributed by atoms with Crippen molar-refractivity contribution in [1.82, 2.24) is 9.55 Å². The zero-order valence-corrected chi connectivity index (χ0v) is 15.7. The highest BCUT2D eigenvalue weighted by Crippen LogP contribution is 2.39. The van der Waals surface area contributed by atoms with Gasteiger partial charge < -0.3 is 4.57 Å². The second kappa shape index (κ2) is 6.72. The monoisotopic (exact) mass is 382 g/mol. The Labute approximate surface area is 152 Å². The molecule has 2 aromatic carbocycles. The summed E-state index contributed by atoms with van der Waals surface area (Å²) < 4.78 is 3.50. The van der Waals surface area contributed by atoms with Gasteiger partial charge in [-0.25, -0.2) is 4.98 Å². The van der Waals surface area contributed by atoms with Crippen molar-refractivity contribution in [3.63, 3.8) is 0 Å². The third-order valence-corrected chi connectivity index (χ3v) is 5.92. The van der Waals surface area contributed by atoms with Gasteiger partial charge in [-0.15, -0.1) is 0 Å². The van der Waals surface area contributed by atoms with Gasteiger partial charge in [0.2, 0.25) is 0 Å². The van der Waals surface area contributed by atoms with Crippen LogP contribution in [0.2, 0.25) is 0 Å². The number of aromatic nitrogens is 2. The van der Waals surface area contributed by atoms with Crippen LogP contribution in [0.15, 0.2) is 53.3 Å². The van der Waals surface area contributed by atoms with Crippen molar-refractivity contribution in [2.24, 2.45) is 5.92 Å². The fraction of sp³-hybridized carbons (Fsp3) is 0.381. The van der Waals surface area contributed by atoms with E-state index in [2.05, 4.69) is 69.9 Å². The zero-order chi connectivity index (χ0) is 16.5. The molecule has 0 amide bonds. The summed E-state index contributed by atoms with van der Waals surface area (Å²) in [4.78, 5) is 4.72. The van der Waals surface area contributed by atoms with Crippen LogP contribution in [0.3, 0.4) is 0 Å². The van der Waals surface area contributed by atoms with Crippen molar-refractivity contribution in [2.45, 2.75) is 45.1 Å². The molecular weight excluding hydrogens is 360 g/mol. The maximum atomic E-state index is 4.72. The van der Waals surface area contributed by atoms with E-state index in [1.807, 2.05) is 6.33 Å². The number of hydrogen-bond donors (Lipinski definition) is 0. The molecule has 2 nitrogen and oxygen atoms in total. The number of nitrogens with zero attached hydrogens (tertiary/aromatic N) is 2. The summed E-state index contributed by atoms with van der Waals surface area (Å²) in [6.07, 6.45) is 8.75. The summed E-state index contributed by atoms with van der Waals surface area (Å²) >= 11 is 3.69. The Balaban J connectivity index is 1.87. The topological polar surface area (TPSA) is 17.8 Å². The summed E-state index contributed by atoms with van der Waals surface area (Å²) in [5.41, 5.74) is 4.98. The van der Waals surface area contributed by atoms with Gasteiger partial charge in [0, 0.05) is 4.47 Å². The summed E-state index contributed by atoms with van der Waals surface area (Å²) in [7, 11) is 0. The summed E-state index contributed by atoms with van der Waals surface area (Å²) in [5, 5.41) is 0. The summed E-state index contributed by atoms with van der Waals surface area (Å²) in [6, 6.07) is 15.8. The highest BCUT2D eigenvalue weighted by Gasteiger charge is 2.27. The van der Waals surface area contributed by atoms with Gasteiger partial charge in [-0.05, 0) is 64.9 Å². The molecule has 1 atom stereocenters. The molecule has 1 aliphatic carbocycles. The number of benzene rings is 2. The number of imidazole rings is 1. The van der Waals surface area contributed by atoms with E-state index in [1.165, 1.54) is 48.7 Å². The van der Waals surface area contributed by atoms with Gasteiger partial charge in [0.15, 0.2) is 0 Å². The highest BCUT2D eigenvalue weighted by molar-refractivity contribution is 9.10. The van der Waals surface area contributed by atoms with E-state index < -0.39 is 0 Å². The van der Waals surface area contributed by atoms with Crippen LogP contribution in [-0.2, 0) is 0 Å². The Kier molecular flexibility index (Phi) is 4.45. The minimum atomic E-state index is 0.380. The Bertz CT molecular complexity index is 832. The van der Waals surface area contributed by atoms with Gasteiger partial charge in [-0.3, -0.25) is 0 Å². The lowest BCUT2D eigenvalue weighted by Crippen LogP contribution is -2.22. The third-order valence-electron chi connectivity index (χ3n) is 5.31. The Morgan fingerprint density at radius 1 is 1.08 bits per heavy atom. The maximum Gasteiger partial charge on any atom is 0.103 e. The van der Waals surface area contributed by atoms with Crippen molar-refractivity contribution in [3.8, 4) is 0 Å². The smallest absolute Gasteiger partial charge is 0.103 e. The fourth-order valence-corrected chi connectivity index (χ4v) is 4.87. The Morgan fingerprint density at radius 3 is 2.58 bits per heavy atom. The molecule has 24 heavy (non-hydrogen) atoms. The lowest BCUT2D eigenvalue weighted by atomic mass is 9.81. The highest BCUT2D eigenvalue weighted by atomic mass is 79.9. The van der Waals surface area contributed by atoms with E-state index in [1.54, 1.807) is 0 Å². The van der Waals surface area contributed by atoms with Crippen LogP contribution in [0.25, 0.3) is 11.0 Å². The van der Waals surface area contributed by atoms with Crippen LogP contribution in [0, 0.1) is 12.8 Å². The van der Waals surface area contributed by atoms with Gasteiger partial charge in [0.05, 0.1) is 17.9 Å². The van der Waals surface area contributed by atoms with Crippen LogP contribution in [0.1, 0.15) is 49.3 Å². The Hall–Kier alpha value is -1.61. The molecule has 0 radical (unpaired) electrons. The minimum Gasteiger partial charge on any atom is -0.323 e. The van der Waals surface area contributed by atoms with Crippen molar-refractivity contribution in [2.75, 3.05) is 0 Å². The minimum absolute atomic E-state index is 0.380. The number of rotatable bonds is 3. The molecule has 1 aliphatic rings. The molecule has 0 saturated heterocycles. The van der Waals surface area contributed by atoms with Crippen molar-refractivity contribution in [3.05, 3.63) is 64.4 Å². The average Bonchev–Trinajstić information content (AvgIpc) is 3.01. The van der Waals surface area contributed by atoms with Gasteiger partial charge >= 0.3 is 0 Å². The van der Waals surface area contributed by atoms with Crippen LogP contribution in [-0.4, -0.2) is 9.55 Å². The number of aryl methyl sites for hydroxylation is 1. The normalized spacial score (nSPS) is 17.2. The first-order valence-electron chi connectivity index (χ1n) is 8.91. The molecule has 1 aromatic heterocycles. The first kappa shape index (κ1) is 15.9. The van der Waals surface area contributed by atoms with Crippen LogP contribution in [0.5, 0.6) is 0 Å². The fourth-order valence-electron chi connectivity index (χ4n) is 4.20. The van der Waals surface area contributed by atoms with Crippen molar-refractivity contribution < 1.29 is 0 Å². The lowest BCUT2D eigenvalue weighted by Gasteiger charge is -2.32. The molecule has 124 valence electrons. The predicted molar refractivity (Wildman–Crippen MR) is 103 cm³/mol. The lowest BCUT2D eigenvalue weighted by molar-refractivity contribution is 0.282. The molecule has 3 aromatic rings. The quantitative estimate of drug-likeness (QED) is 0.521. The van der Waals surface area contributed by atoms with Crippen LogP contribution < -0.4 is 0 Å². The van der Waals surface area contributed by atoms with Crippen molar-refractivity contribution in [1.29, 1.82) is 0 Å². The van der Waals surface area contributed by atoms with E-state index in [0.29, 0.717) is 12.0 Å². The van der Waals surface area contributed by atoms with Crippen LogP contribution >= 0.6 is 15.9 Å². The van der Waals surface area contributed by atoms with Gasteiger partial charge in [0.1, 0.15) is 5.52 Å². The summed E-state index contributed by atoms with van der Waals surface area (Å²) in [5.74, 6) is 0.692. The van der Waals surface area contributed by atoms with Gasteiger partial charge in [-0.2, -0.15) is 0 Å². The molecule has 1 fully saturated rings. The molecule has 3 heteroatoms. The second-order valence-corrected chi connectivity index (χ2v) is 7.87. The first-order valence-corrected chi connectivity index (χ1v) is 9.71. The molecule has 0 bridgehead atoms. The van der Waals surface area contributed by atoms with Gasteiger partial charge in [-0.1, -0.05) is 49.6 Å². The average molecular weight is 383 g/mol. The molecule has 0 spiro atoms. The largest absolute Gasteiger partial charge is 0.323 e. The molecule has 4 rings (SSSR count). The first-order chi connectivity index (χ1) is 11.7. The molecular formula is C21H23BrN2.